The van der Waals surface area contributed by atoms with E-state index in [4.69, 9.17) is 17.2 Å². The molecule has 0 spiro atoms. The van der Waals surface area contributed by atoms with Crippen molar-refractivity contribution in [1.29, 1.82) is 0 Å². The van der Waals surface area contributed by atoms with E-state index < -0.39 is 47.3 Å². The molecule has 0 bridgehead atoms. The Bertz CT molecular complexity index is 2020. The standard InChI is InChI=1S/C44H57N9O5/c1-2-3-20-38(54)53-44(23-21-31(22-24-44)30-15-8-5-9-16-30)42(58)52-37(26-29-13-6-4-7-14-29)41(57)50-35(19-12-25-48-43(46)47)40(56)51-36(39(45)55)27-32-28-49-34-18-11-10-17-33(32)34/h4-11,13-18,28,31,35-37,49H,2-3,12,19-27H2,1H3,(H2,45,55)(H,50,57)(H,51,56)(H,52,58)(H,53,54)(H4,46,47,48)/t31?,35-,36-,37+,44?/m0/s1. The van der Waals surface area contributed by atoms with Crippen LogP contribution in [0.5, 0.6) is 0 Å². The van der Waals surface area contributed by atoms with Crippen molar-refractivity contribution in [3.63, 3.8) is 0 Å². The molecule has 14 heteroatoms. The monoisotopic (exact) mass is 791 g/mol. The van der Waals surface area contributed by atoms with E-state index >= 15 is 0 Å². The summed E-state index contributed by atoms with van der Waals surface area (Å²) in [5.41, 5.74) is 19.2. The fourth-order valence-electron chi connectivity index (χ4n) is 7.66. The van der Waals surface area contributed by atoms with Crippen molar-refractivity contribution in [2.75, 3.05) is 6.54 Å². The molecule has 1 aliphatic rings. The fraction of sp³-hybridized carbons (Fsp3) is 0.409. The van der Waals surface area contributed by atoms with E-state index in [0.717, 1.165) is 28.5 Å². The summed E-state index contributed by atoms with van der Waals surface area (Å²) < 4.78 is 0. The maximum absolute atomic E-state index is 14.6. The summed E-state index contributed by atoms with van der Waals surface area (Å²) in [6.07, 6.45) is 6.30. The van der Waals surface area contributed by atoms with Crippen LogP contribution < -0.4 is 38.5 Å². The number of amides is 5. The highest BCUT2D eigenvalue weighted by Gasteiger charge is 2.44. The topological polar surface area (TPSA) is 240 Å². The number of benzene rings is 3. The molecular formula is C44H57N9O5. The van der Waals surface area contributed by atoms with Crippen molar-refractivity contribution in [2.24, 2.45) is 22.2 Å². The molecule has 14 nitrogen and oxygen atoms in total. The van der Waals surface area contributed by atoms with E-state index in [1.165, 1.54) is 5.56 Å². The normalized spacial score (nSPS) is 17.9. The largest absolute Gasteiger partial charge is 0.370 e. The van der Waals surface area contributed by atoms with Gasteiger partial charge in [0.15, 0.2) is 5.96 Å². The van der Waals surface area contributed by atoms with Crippen molar-refractivity contribution < 1.29 is 24.0 Å². The van der Waals surface area contributed by atoms with E-state index in [2.05, 4.69) is 43.4 Å². The van der Waals surface area contributed by atoms with Crippen LogP contribution in [0.15, 0.2) is 96.1 Å². The minimum absolute atomic E-state index is 0.108. The number of H-pyrrole nitrogens is 1. The van der Waals surface area contributed by atoms with Crippen molar-refractivity contribution in [1.82, 2.24) is 26.3 Å². The van der Waals surface area contributed by atoms with Gasteiger partial charge in [0.2, 0.25) is 29.5 Å². The van der Waals surface area contributed by atoms with Crippen molar-refractivity contribution in [3.05, 3.63) is 108 Å². The number of fused-ring (bicyclic) bond motifs is 1. The van der Waals surface area contributed by atoms with Gasteiger partial charge in [-0.1, -0.05) is 92.2 Å². The molecule has 58 heavy (non-hydrogen) atoms. The molecule has 308 valence electrons. The molecule has 0 aliphatic heterocycles. The molecule has 3 atom stereocenters. The summed E-state index contributed by atoms with van der Waals surface area (Å²) >= 11 is 0. The van der Waals surface area contributed by atoms with E-state index in [0.29, 0.717) is 38.5 Å². The van der Waals surface area contributed by atoms with Crippen LogP contribution in [0.2, 0.25) is 0 Å². The van der Waals surface area contributed by atoms with Crippen molar-refractivity contribution >= 4 is 46.4 Å². The SMILES string of the molecule is CCCCC(=O)NC1(C(=O)N[C@H](Cc2ccccc2)C(=O)N[C@@H](CCCN=C(N)N)C(=O)N[C@@H](Cc2c[nH]c3ccccc23)C(N)=O)CCC(c2ccccc2)CC1. The number of aliphatic imine (C=N–C) groups is 1. The number of guanidine groups is 1. The van der Waals surface area contributed by atoms with E-state index in [-0.39, 0.29) is 50.0 Å². The molecular weight excluding hydrogens is 735 g/mol. The highest BCUT2D eigenvalue weighted by atomic mass is 16.2. The number of aromatic nitrogens is 1. The zero-order valence-corrected chi connectivity index (χ0v) is 33.2. The average Bonchev–Trinajstić information content (AvgIpc) is 3.63. The lowest BCUT2D eigenvalue weighted by molar-refractivity contribution is -0.138. The van der Waals surface area contributed by atoms with Crippen LogP contribution in [0.4, 0.5) is 0 Å². The van der Waals surface area contributed by atoms with Gasteiger partial charge in [0.25, 0.3) is 0 Å². The molecule has 3 aromatic carbocycles. The number of nitrogens with one attached hydrogen (secondary N) is 5. The highest BCUT2D eigenvalue weighted by Crippen LogP contribution is 2.38. The first kappa shape index (κ1) is 43.0. The Balaban J connectivity index is 1.38. The summed E-state index contributed by atoms with van der Waals surface area (Å²) in [6.45, 7) is 2.19. The summed E-state index contributed by atoms with van der Waals surface area (Å²) in [4.78, 5) is 76.1. The van der Waals surface area contributed by atoms with Crippen LogP contribution in [0.25, 0.3) is 10.9 Å². The number of carbonyl (C=O) groups is 5. The third-order valence-electron chi connectivity index (χ3n) is 10.9. The summed E-state index contributed by atoms with van der Waals surface area (Å²) in [5, 5.41) is 12.6. The Hall–Kier alpha value is -6.18. The zero-order valence-electron chi connectivity index (χ0n) is 33.2. The molecule has 1 saturated carbocycles. The average molecular weight is 792 g/mol. The van der Waals surface area contributed by atoms with Crippen LogP contribution in [0, 0.1) is 0 Å². The lowest BCUT2D eigenvalue weighted by atomic mass is 9.73. The maximum Gasteiger partial charge on any atom is 0.246 e. The third-order valence-corrected chi connectivity index (χ3v) is 10.9. The first-order chi connectivity index (χ1) is 28.0. The van der Waals surface area contributed by atoms with Crippen LogP contribution in [0.3, 0.4) is 0 Å². The Morgan fingerprint density at radius 3 is 2.09 bits per heavy atom. The van der Waals surface area contributed by atoms with E-state index in [9.17, 15) is 24.0 Å². The van der Waals surface area contributed by atoms with Gasteiger partial charge >= 0.3 is 0 Å². The maximum atomic E-state index is 14.6. The summed E-state index contributed by atoms with van der Waals surface area (Å²) in [6, 6.07) is 23.6. The van der Waals surface area contributed by atoms with Gasteiger partial charge in [0.05, 0.1) is 0 Å². The third kappa shape index (κ3) is 11.9. The molecule has 0 radical (unpaired) electrons. The molecule has 0 unspecified atom stereocenters. The number of carbonyl (C=O) groups excluding carboxylic acids is 5. The van der Waals surface area contributed by atoms with Crippen LogP contribution >= 0.6 is 0 Å². The molecule has 1 aromatic heterocycles. The second-order valence-electron chi connectivity index (χ2n) is 15.2. The Labute approximate surface area is 339 Å². The van der Waals surface area contributed by atoms with Gasteiger partial charge in [-0.15, -0.1) is 0 Å². The molecule has 5 rings (SSSR count). The number of aromatic amines is 1. The van der Waals surface area contributed by atoms with Gasteiger partial charge in [0, 0.05) is 42.9 Å². The molecule has 1 aliphatic carbocycles. The Morgan fingerprint density at radius 2 is 1.41 bits per heavy atom. The minimum atomic E-state index is -1.24. The first-order valence-electron chi connectivity index (χ1n) is 20.2. The number of hydrogen-bond acceptors (Lipinski definition) is 6. The van der Waals surface area contributed by atoms with E-state index in [1.54, 1.807) is 6.20 Å². The highest BCUT2D eigenvalue weighted by molar-refractivity contribution is 5.97. The van der Waals surface area contributed by atoms with Gasteiger partial charge < -0.3 is 43.5 Å². The second kappa shape index (κ2) is 20.8. The molecule has 4 aromatic rings. The predicted octanol–water partition coefficient (Wildman–Crippen LogP) is 3.35. The number of nitrogens with two attached hydrogens (primary N) is 3. The van der Waals surface area contributed by atoms with Gasteiger partial charge in [-0.25, -0.2) is 0 Å². The predicted molar refractivity (Wildman–Crippen MR) is 225 cm³/mol. The van der Waals surface area contributed by atoms with Crippen LogP contribution in [0.1, 0.15) is 87.3 Å². The smallest absolute Gasteiger partial charge is 0.246 e. The second-order valence-corrected chi connectivity index (χ2v) is 15.2. The minimum Gasteiger partial charge on any atom is -0.370 e. The first-order valence-corrected chi connectivity index (χ1v) is 20.2. The van der Waals surface area contributed by atoms with Crippen molar-refractivity contribution in [3.8, 4) is 0 Å². The number of rotatable bonds is 20. The molecule has 11 N–H and O–H groups in total. The van der Waals surface area contributed by atoms with Gasteiger partial charge in [-0.3, -0.25) is 29.0 Å². The number of hydrogen-bond donors (Lipinski definition) is 8. The fourth-order valence-corrected chi connectivity index (χ4v) is 7.66. The summed E-state index contributed by atoms with van der Waals surface area (Å²) in [7, 11) is 0. The van der Waals surface area contributed by atoms with Crippen LogP contribution in [-0.2, 0) is 36.8 Å². The van der Waals surface area contributed by atoms with Crippen molar-refractivity contribution in [2.45, 2.75) is 107 Å². The number of unbranched alkanes of at least 4 members (excludes halogenated alkanes) is 1. The number of primary amides is 1. The molecule has 5 amide bonds. The Kier molecular flexibility index (Phi) is 15.4. The zero-order chi connectivity index (χ0) is 41.5. The van der Waals surface area contributed by atoms with Gasteiger partial charge in [0.1, 0.15) is 23.7 Å². The number of nitrogens with zero attached hydrogens (tertiary/aromatic N) is 1. The molecule has 1 heterocycles. The lowest BCUT2D eigenvalue weighted by Crippen LogP contribution is -2.64. The van der Waals surface area contributed by atoms with Gasteiger partial charge in [-0.05, 0) is 73.6 Å². The molecule has 1 fully saturated rings. The quantitative estimate of drug-likeness (QED) is 0.0377. The molecule has 0 saturated heterocycles. The van der Waals surface area contributed by atoms with Crippen LogP contribution in [-0.4, -0.2) is 70.7 Å². The lowest BCUT2D eigenvalue weighted by Gasteiger charge is -2.40. The number of para-hydroxylation sites is 1. The Morgan fingerprint density at radius 1 is 0.776 bits per heavy atom. The van der Waals surface area contributed by atoms with E-state index in [1.807, 2.05) is 79.7 Å². The van der Waals surface area contributed by atoms with Gasteiger partial charge in [-0.2, -0.15) is 0 Å². The summed E-state index contributed by atoms with van der Waals surface area (Å²) in [5.74, 6) is -2.56.